The quantitative estimate of drug-likeness (QED) is 0.754. The zero-order valence-electron chi connectivity index (χ0n) is 17.2. The minimum Gasteiger partial charge on any atom is -0.465 e. The Bertz CT molecular complexity index is 681. The lowest BCUT2D eigenvalue weighted by Gasteiger charge is -2.31. The predicted molar refractivity (Wildman–Crippen MR) is 109 cm³/mol. The molecule has 2 aliphatic rings. The third kappa shape index (κ3) is 4.49. The molecule has 0 aromatic heterocycles. The summed E-state index contributed by atoms with van der Waals surface area (Å²) in [5.74, 6) is 0.913. The third-order valence-corrected chi connectivity index (χ3v) is 6.68. The van der Waals surface area contributed by atoms with Crippen LogP contribution in [0.5, 0.6) is 0 Å². The molecule has 2 amide bonds. The van der Waals surface area contributed by atoms with Crippen molar-refractivity contribution in [2.24, 2.45) is 17.8 Å². The number of amides is 2. The van der Waals surface area contributed by atoms with Crippen molar-refractivity contribution in [1.82, 2.24) is 15.1 Å². The van der Waals surface area contributed by atoms with Gasteiger partial charge in [0.1, 0.15) is 6.04 Å². The molecule has 28 heavy (non-hydrogen) atoms. The van der Waals surface area contributed by atoms with Crippen LogP contribution in [0.4, 0.5) is 4.79 Å². The molecular weight excluding hydrogens is 354 g/mol. The summed E-state index contributed by atoms with van der Waals surface area (Å²) in [7, 11) is 1.49. The fraction of sp³-hybridized carbons (Fsp3) is 0.636. The lowest BCUT2D eigenvalue weighted by Crippen LogP contribution is -2.53. The number of fused-ring (bicyclic) bond motifs is 1. The van der Waals surface area contributed by atoms with Crippen molar-refractivity contribution < 1.29 is 14.7 Å². The molecule has 1 aliphatic carbocycles. The molecule has 6 heteroatoms. The number of hydrogen-bond donors (Lipinski definition) is 2. The maximum Gasteiger partial charge on any atom is 0.407 e. The average molecular weight is 388 g/mol. The van der Waals surface area contributed by atoms with E-state index in [0.717, 1.165) is 43.8 Å². The molecule has 0 spiro atoms. The number of carboxylic acid groups (broad SMARTS) is 1. The minimum absolute atomic E-state index is 0.0172. The van der Waals surface area contributed by atoms with Crippen LogP contribution in [-0.4, -0.2) is 59.1 Å². The van der Waals surface area contributed by atoms with Gasteiger partial charge in [0.05, 0.1) is 0 Å². The van der Waals surface area contributed by atoms with Gasteiger partial charge in [-0.05, 0) is 36.2 Å². The zero-order chi connectivity index (χ0) is 20.3. The first-order valence-corrected chi connectivity index (χ1v) is 10.4. The highest BCUT2D eigenvalue weighted by Crippen LogP contribution is 2.38. The van der Waals surface area contributed by atoms with E-state index < -0.39 is 12.1 Å². The van der Waals surface area contributed by atoms with Gasteiger partial charge in [-0.1, -0.05) is 50.6 Å². The molecule has 0 bridgehead atoms. The number of nitrogens with one attached hydrogen (secondary N) is 1. The first-order chi connectivity index (χ1) is 13.4. The number of likely N-dealkylation sites (N-methyl/N-ethyl adjacent to an activating group) is 1. The summed E-state index contributed by atoms with van der Waals surface area (Å²) >= 11 is 0. The van der Waals surface area contributed by atoms with Gasteiger partial charge in [0.25, 0.3) is 0 Å². The number of rotatable bonds is 7. The zero-order valence-corrected chi connectivity index (χ0v) is 17.2. The third-order valence-electron chi connectivity index (χ3n) is 6.68. The van der Waals surface area contributed by atoms with Gasteiger partial charge in [0.2, 0.25) is 5.91 Å². The molecule has 0 radical (unpaired) electrons. The number of nitrogens with zero attached hydrogens (tertiary/aromatic N) is 2. The van der Waals surface area contributed by atoms with E-state index in [1.54, 1.807) is 0 Å². The van der Waals surface area contributed by atoms with E-state index in [4.69, 9.17) is 0 Å². The Morgan fingerprint density at radius 3 is 2.61 bits per heavy atom. The standard InChI is InChI=1S/C22H33N3O3/c1-4-15(2)20(24(3)22(27)28)21(26)23-19-11-10-17-13-25(14-18(17)19)12-16-8-6-5-7-9-16/h5-9,15,17-20H,4,10-14H2,1-3H3,(H,23,26)(H,27,28)/t15-,17+,18?,19?,20-/m0/s1. The highest BCUT2D eigenvalue weighted by atomic mass is 16.4. The fourth-order valence-corrected chi connectivity index (χ4v) is 4.93. The van der Waals surface area contributed by atoms with Gasteiger partial charge in [-0.3, -0.25) is 14.6 Å². The van der Waals surface area contributed by atoms with Crippen molar-refractivity contribution in [3.63, 3.8) is 0 Å². The van der Waals surface area contributed by atoms with Gasteiger partial charge in [-0.15, -0.1) is 0 Å². The molecule has 2 fully saturated rings. The number of hydrogen-bond acceptors (Lipinski definition) is 3. The second-order valence-electron chi connectivity index (χ2n) is 8.52. The highest BCUT2D eigenvalue weighted by molar-refractivity contribution is 5.85. The van der Waals surface area contributed by atoms with Crippen molar-refractivity contribution >= 4 is 12.0 Å². The van der Waals surface area contributed by atoms with Crippen LogP contribution in [0.2, 0.25) is 0 Å². The lowest BCUT2D eigenvalue weighted by molar-refractivity contribution is -0.128. The van der Waals surface area contributed by atoms with E-state index in [-0.39, 0.29) is 17.9 Å². The second kappa shape index (κ2) is 8.95. The Balaban J connectivity index is 1.61. The van der Waals surface area contributed by atoms with Crippen LogP contribution < -0.4 is 5.32 Å². The summed E-state index contributed by atoms with van der Waals surface area (Å²) in [5.41, 5.74) is 1.32. The van der Waals surface area contributed by atoms with Crippen LogP contribution in [0.3, 0.4) is 0 Å². The summed E-state index contributed by atoms with van der Waals surface area (Å²) in [5, 5.41) is 12.6. The van der Waals surface area contributed by atoms with E-state index in [1.165, 1.54) is 12.6 Å². The molecule has 154 valence electrons. The van der Waals surface area contributed by atoms with E-state index >= 15 is 0 Å². The largest absolute Gasteiger partial charge is 0.465 e. The van der Waals surface area contributed by atoms with Gasteiger partial charge in [-0.25, -0.2) is 4.79 Å². The van der Waals surface area contributed by atoms with Gasteiger partial charge in [0, 0.05) is 32.7 Å². The molecule has 2 unspecified atom stereocenters. The number of carbonyl (C=O) groups is 2. The fourth-order valence-electron chi connectivity index (χ4n) is 4.93. The van der Waals surface area contributed by atoms with Crippen LogP contribution in [0.15, 0.2) is 30.3 Å². The molecule has 1 heterocycles. The van der Waals surface area contributed by atoms with Crippen LogP contribution in [-0.2, 0) is 11.3 Å². The molecule has 1 aromatic rings. The van der Waals surface area contributed by atoms with Gasteiger partial charge < -0.3 is 10.4 Å². The molecule has 5 atom stereocenters. The lowest BCUT2D eigenvalue weighted by atomic mass is 9.95. The molecule has 1 saturated heterocycles. The highest BCUT2D eigenvalue weighted by Gasteiger charge is 2.44. The molecule has 1 aliphatic heterocycles. The Labute approximate surface area is 167 Å². The maximum absolute atomic E-state index is 13.0. The van der Waals surface area contributed by atoms with E-state index in [1.807, 2.05) is 19.9 Å². The SMILES string of the molecule is CC[C@H](C)[C@@H](C(=O)NC1CC[C@@H]2CN(Cc3ccccc3)CC12)N(C)C(=O)O. The van der Waals surface area contributed by atoms with Crippen LogP contribution in [0.25, 0.3) is 0 Å². The van der Waals surface area contributed by atoms with Crippen molar-refractivity contribution in [1.29, 1.82) is 0 Å². The van der Waals surface area contributed by atoms with E-state index in [2.05, 4.69) is 34.5 Å². The molecule has 1 saturated carbocycles. The Morgan fingerprint density at radius 1 is 1.25 bits per heavy atom. The predicted octanol–water partition coefficient (Wildman–Crippen LogP) is 3.04. The maximum atomic E-state index is 13.0. The van der Waals surface area contributed by atoms with Gasteiger partial charge in [0.15, 0.2) is 0 Å². The minimum atomic E-state index is -1.06. The smallest absolute Gasteiger partial charge is 0.407 e. The Morgan fingerprint density at radius 2 is 1.96 bits per heavy atom. The van der Waals surface area contributed by atoms with Crippen LogP contribution >= 0.6 is 0 Å². The summed E-state index contributed by atoms with van der Waals surface area (Å²) < 4.78 is 0. The van der Waals surface area contributed by atoms with Crippen LogP contribution in [0.1, 0.15) is 38.7 Å². The van der Waals surface area contributed by atoms with Crippen molar-refractivity contribution in [3.8, 4) is 0 Å². The van der Waals surface area contributed by atoms with Gasteiger partial charge in [-0.2, -0.15) is 0 Å². The summed E-state index contributed by atoms with van der Waals surface area (Å²) in [6.07, 6.45) is 1.82. The molecule has 1 aromatic carbocycles. The topological polar surface area (TPSA) is 72.9 Å². The Hall–Kier alpha value is -2.08. The van der Waals surface area contributed by atoms with Crippen molar-refractivity contribution in [2.45, 2.75) is 51.7 Å². The van der Waals surface area contributed by atoms with E-state index in [0.29, 0.717) is 11.8 Å². The summed E-state index contributed by atoms with van der Waals surface area (Å²) in [6, 6.07) is 10.0. The monoisotopic (exact) mass is 387 g/mol. The molecule has 2 N–H and O–H groups in total. The summed E-state index contributed by atoms with van der Waals surface area (Å²) in [6.45, 7) is 6.96. The normalized spacial score (nSPS) is 26.5. The molecule has 3 rings (SSSR count). The van der Waals surface area contributed by atoms with Gasteiger partial charge >= 0.3 is 6.09 Å². The summed E-state index contributed by atoms with van der Waals surface area (Å²) in [4.78, 5) is 28.1. The number of benzene rings is 1. The number of carbonyl (C=O) groups excluding carboxylic acids is 1. The number of likely N-dealkylation sites (tertiary alicyclic amines) is 1. The van der Waals surface area contributed by atoms with Crippen LogP contribution in [0, 0.1) is 17.8 Å². The average Bonchev–Trinajstić information content (AvgIpc) is 3.23. The first-order valence-electron chi connectivity index (χ1n) is 10.4. The van der Waals surface area contributed by atoms with E-state index in [9.17, 15) is 14.7 Å². The first kappa shape index (κ1) is 20.6. The molecule has 6 nitrogen and oxygen atoms in total. The van der Waals surface area contributed by atoms with Crippen molar-refractivity contribution in [3.05, 3.63) is 35.9 Å². The second-order valence-corrected chi connectivity index (χ2v) is 8.52. The Kier molecular flexibility index (Phi) is 6.60. The molecular formula is C22H33N3O3. The van der Waals surface area contributed by atoms with Crippen molar-refractivity contribution in [2.75, 3.05) is 20.1 Å².